The molecule has 5 rings (SSSR count). The van der Waals surface area contributed by atoms with Gasteiger partial charge in [-0.05, 0) is 99.5 Å². The molecule has 4 heteroatoms. The van der Waals surface area contributed by atoms with Crippen LogP contribution in [0.2, 0.25) is 5.02 Å². The minimum absolute atomic E-state index is 0.651. The molecule has 0 saturated carbocycles. The Morgan fingerprint density at radius 2 is 1.80 bits per heavy atom. The molecule has 0 amide bonds. The van der Waals surface area contributed by atoms with Crippen molar-refractivity contribution in [1.82, 2.24) is 9.88 Å². The largest absolute Gasteiger partial charge is 0.371 e. The van der Waals surface area contributed by atoms with Crippen molar-refractivity contribution in [2.75, 3.05) is 37.6 Å². The molecule has 0 aliphatic carbocycles. The van der Waals surface area contributed by atoms with Crippen LogP contribution >= 0.6 is 11.6 Å². The van der Waals surface area contributed by atoms with Crippen molar-refractivity contribution in [1.29, 1.82) is 0 Å². The number of nitrogens with zero attached hydrogens (tertiary/aromatic N) is 2. The summed E-state index contributed by atoms with van der Waals surface area (Å²) in [4.78, 5) is 8.70. The highest BCUT2D eigenvalue weighted by atomic mass is 35.5. The van der Waals surface area contributed by atoms with E-state index in [0.717, 1.165) is 5.02 Å². The molecule has 3 nitrogen and oxygen atoms in total. The van der Waals surface area contributed by atoms with E-state index >= 15 is 0 Å². The molecule has 0 atom stereocenters. The Labute approximate surface area is 185 Å². The first-order valence-corrected chi connectivity index (χ1v) is 12.0. The zero-order valence-electron chi connectivity index (χ0n) is 17.7. The van der Waals surface area contributed by atoms with E-state index in [1.54, 1.807) is 0 Å². The van der Waals surface area contributed by atoms with Gasteiger partial charge in [-0.3, -0.25) is 0 Å². The Kier molecular flexibility index (Phi) is 6.01. The molecule has 3 heterocycles. The minimum atomic E-state index is 0.651. The van der Waals surface area contributed by atoms with Crippen LogP contribution < -0.4 is 4.90 Å². The van der Waals surface area contributed by atoms with Crippen LogP contribution in [0.4, 0.5) is 5.69 Å². The first kappa shape index (κ1) is 20.0. The molecule has 2 aliphatic rings. The van der Waals surface area contributed by atoms with Gasteiger partial charge in [-0.25, -0.2) is 0 Å². The number of hydrogen-bond acceptors (Lipinski definition) is 2. The summed E-state index contributed by atoms with van der Waals surface area (Å²) in [5, 5.41) is 2.14. The molecule has 1 N–H and O–H groups in total. The van der Waals surface area contributed by atoms with E-state index in [2.05, 4.69) is 57.4 Å². The fraction of sp³-hybridized carbons (Fsp3) is 0.462. The fourth-order valence-electron chi connectivity index (χ4n) is 5.40. The molecule has 158 valence electrons. The topological polar surface area (TPSA) is 22.3 Å². The third kappa shape index (κ3) is 4.24. The van der Waals surface area contributed by atoms with Crippen LogP contribution in [0, 0.1) is 0 Å². The summed E-state index contributed by atoms with van der Waals surface area (Å²) < 4.78 is 0. The quantitative estimate of drug-likeness (QED) is 0.476. The van der Waals surface area contributed by atoms with E-state index in [9.17, 15) is 0 Å². The monoisotopic (exact) mass is 421 g/mol. The molecule has 0 unspecified atom stereocenters. The number of aryl methyl sites for hydroxylation is 1. The summed E-state index contributed by atoms with van der Waals surface area (Å²) in [6.07, 6.45) is 9.82. The van der Waals surface area contributed by atoms with Crippen molar-refractivity contribution in [3.8, 4) is 0 Å². The maximum Gasteiger partial charge on any atom is 0.0457 e. The van der Waals surface area contributed by atoms with Gasteiger partial charge < -0.3 is 14.8 Å². The van der Waals surface area contributed by atoms with Crippen LogP contribution in [-0.2, 0) is 6.42 Å². The number of anilines is 1. The van der Waals surface area contributed by atoms with Gasteiger partial charge in [-0.15, -0.1) is 0 Å². The van der Waals surface area contributed by atoms with Crippen molar-refractivity contribution in [3.63, 3.8) is 0 Å². The number of H-pyrrole nitrogens is 1. The van der Waals surface area contributed by atoms with Gasteiger partial charge in [0.2, 0.25) is 0 Å². The first-order valence-electron chi connectivity index (χ1n) is 11.6. The van der Waals surface area contributed by atoms with Gasteiger partial charge in [0, 0.05) is 40.9 Å². The van der Waals surface area contributed by atoms with Crippen LogP contribution in [0.25, 0.3) is 10.9 Å². The van der Waals surface area contributed by atoms with E-state index in [-0.39, 0.29) is 0 Å². The lowest BCUT2D eigenvalue weighted by molar-refractivity contribution is 0.209. The van der Waals surface area contributed by atoms with Crippen molar-refractivity contribution in [3.05, 3.63) is 64.8 Å². The number of halogens is 1. The van der Waals surface area contributed by atoms with Gasteiger partial charge in [-0.2, -0.15) is 0 Å². The Hall–Kier alpha value is -1.97. The van der Waals surface area contributed by atoms with Crippen LogP contribution in [-0.4, -0.2) is 42.6 Å². The highest BCUT2D eigenvalue weighted by Gasteiger charge is 2.23. The average Bonchev–Trinajstić information content (AvgIpc) is 3.20. The molecule has 30 heavy (non-hydrogen) atoms. The number of hydrogen-bond donors (Lipinski definition) is 1. The van der Waals surface area contributed by atoms with Crippen molar-refractivity contribution in [2.45, 2.75) is 44.4 Å². The smallest absolute Gasteiger partial charge is 0.0457 e. The molecule has 1 saturated heterocycles. The zero-order chi connectivity index (χ0) is 20.3. The molecule has 1 aromatic heterocycles. The Balaban J connectivity index is 1.09. The molecule has 0 bridgehead atoms. The van der Waals surface area contributed by atoms with E-state index in [1.807, 2.05) is 6.07 Å². The van der Waals surface area contributed by atoms with Gasteiger partial charge in [0.15, 0.2) is 0 Å². The van der Waals surface area contributed by atoms with Gasteiger partial charge >= 0.3 is 0 Å². The van der Waals surface area contributed by atoms with Crippen molar-refractivity contribution >= 4 is 28.2 Å². The Morgan fingerprint density at radius 1 is 0.967 bits per heavy atom. The van der Waals surface area contributed by atoms with E-state index < -0.39 is 0 Å². The maximum absolute atomic E-state index is 6.24. The lowest BCUT2D eigenvalue weighted by Gasteiger charge is -2.33. The van der Waals surface area contributed by atoms with Crippen molar-refractivity contribution < 1.29 is 0 Å². The van der Waals surface area contributed by atoms with Gasteiger partial charge in [-0.1, -0.05) is 29.8 Å². The summed E-state index contributed by atoms with van der Waals surface area (Å²) in [7, 11) is 0. The molecule has 0 radical (unpaired) electrons. The van der Waals surface area contributed by atoms with Crippen LogP contribution in [0.3, 0.4) is 0 Å². The maximum atomic E-state index is 6.24. The summed E-state index contributed by atoms with van der Waals surface area (Å²) in [5.74, 6) is 0.651. The Morgan fingerprint density at radius 3 is 2.70 bits per heavy atom. The molecule has 0 spiro atoms. The number of aromatic nitrogens is 1. The molecule has 3 aromatic rings. The summed E-state index contributed by atoms with van der Waals surface area (Å²) in [6.45, 7) is 6.08. The average molecular weight is 422 g/mol. The van der Waals surface area contributed by atoms with Crippen LogP contribution in [0.5, 0.6) is 0 Å². The lowest BCUT2D eigenvalue weighted by atomic mass is 9.89. The lowest BCUT2D eigenvalue weighted by Crippen LogP contribution is -2.34. The second kappa shape index (κ2) is 9.03. The van der Waals surface area contributed by atoms with Gasteiger partial charge in [0.05, 0.1) is 0 Å². The number of unbranched alkanes of at least 4 members (excludes halogenated alkanes) is 1. The number of nitrogens with one attached hydrogen (secondary N) is 1. The SMILES string of the molecule is Clc1ccc2[nH]cc(C3CCN(CCCCN4CCCc5ccccc54)CC3)c2c1. The van der Waals surface area contributed by atoms with Crippen LogP contribution in [0.1, 0.15) is 49.1 Å². The number of piperidine rings is 1. The normalized spacial score (nSPS) is 18.1. The molecular weight excluding hydrogens is 390 g/mol. The molecular formula is C26H32ClN3. The standard InChI is InChI=1S/C26H32ClN3/c27-22-9-10-25-23(18-22)24(19-28-25)20-11-16-29(17-12-20)13-3-4-14-30-15-5-7-21-6-1-2-8-26(21)30/h1-2,6,8-10,18-20,28H,3-5,7,11-17H2. The summed E-state index contributed by atoms with van der Waals surface area (Å²) in [5.41, 5.74) is 5.67. The zero-order valence-corrected chi connectivity index (χ0v) is 18.5. The first-order chi connectivity index (χ1) is 14.8. The number of benzene rings is 2. The van der Waals surface area contributed by atoms with Gasteiger partial charge in [0.25, 0.3) is 0 Å². The fourth-order valence-corrected chi connectivity index (χ4v) is 5.57. The number of fused-ring (bicyclic) bond motifs is 2. The molecule has 2 aromatic carbocycles. The highest BCUT2D eigenvalue weighted by molar-refractivity contribution is 6.31. The third-order valence-electron chi connectivity index (χ3n) is 7.06. The predicted octanol–water partition coefficient (Wildman–Crippen LogP) is 6.23. The second-order valence-electron chi connectivity index (χ2n) is 8.98. The number of para-hydroxylation sites is 1. The summed E-state index contributed by atoms with van der Waals surface area (Å²) >= 11 is 6.24. The minimum Gasteiger partial charge on any atom is -0.371 e. The second-order valence-corrected chi connectivity index (χ2v) is 9.41. The molecule has 1 fully saturated rings. The molecule has 2 aliphatic heterocycles. The Bertz CT molecular complexity index is 987. The van der Waals surface area contributed by atoms with E-state index in [0.29, 0.717) is 5.92 Å². The third-order valence-corrected chi connectivity index (χ3v) is 7.30. The number of rotatable bonds is 6. The van der Waals surface area contributed by atoms with E-state index in [1.165, 1.54) is 99.0 Å². The van der Waals surface area contributed by atoms with Gasteiger partial charge in [0.1, 0.15) is 0 Å². The summed E-state index contributed by atoms with van der Waals surface area (Å²) in [6, 6.07) is 15.1. The number of aromatic amines is 1. The van der Waals surface area contributed by atoms with Crippen LogP contribution in [0.15, 0.2) is 48.7 Å². The van der Waals surface area contributed by atoms with E-state index in [4.69, 9.17) is 11.6 Å². The highest BCUT2D eigenvalue weighted by Crippen LogP contribution is 2.34. The predicted molar refractivity (Wildman–Crippen MR) is 128 cm³/mol. The van der Waals surface area contributed by atoms with Crippen molar-refractivity contribution in [2.24, 2.45) is 0 Å². The number of likely N-dealkylation sites (tertiary alicyclic amines) is 1.